The van der Waals surface area contributed by atoms with Crippen LogP contribution < -0.4 is 19.3 Å². The van der Waals surface area contributed by atoms with Crippen molar-refractivity contribution >= 4 is 37.2 Å². The van der Waals surface area contributed by atoms with Crippen molar-refractivity contribution in [1.82, 2.24) is 0 Å². The molecular weight excluding hydrogens is 630 g/mol. The highest BCUT2D eigenvalue weighted by molar-refractivity contribution is 6.74. The minimum Gasteiger partial charge on any atom is -0.497 e. The van der Waals surface area contributed by atoms with E-state index >= 15 is 4.39 Å². The number of benzene rings is 3. The molecule has 2 heterocycles. The largest absolute Gasteiger partial charge is 0.497 e. The van der Waals surface area contributed by atoms with Gasteiger partial charge < -0.3 is 28.8 Å². The van der Waals surface area contributed by atoms with Crippen LogP contribution in [0.2, 0.25) is 23.2 Å². The number of carbonyl (C=O) groups is 1. The van der Waals surface area contributed by atoms with Crippen LogP contribution >= 0.6 is 11.6 Å². The molecule has 0 spiro atoms. The van der Waals surface area contributed by atoms with Gasteiger partial charge in [-0.1, -0.05) is 44.5 Å². The Bertz CT molecular complexity index is 1580. The molecule has 1 N–H and O–H groups in total. The Morgan fingerprint density at radius 3 is 2.41 bits per heavy atom. The number of anilines is 2. The summed E-state index contributed by atoms with van der Waals surface area (Å²) in [7, 11) is -0.811. The number of nitrogens with zero attached hydrogens (tertiary/aromatic N) is 2. The molecule has 248 valence electrons. The van der Waals surface area contributed by atoms with Gasteiger partial charge in [-0.3, -0.25) is 4.79 Å². The van der Waals surface area contributed by atoms with Crippen molar-refractivity contribution in [3.8, 4) is 11.5 Å². The van der Waals surface area contributed by atoms with E-state index in [-0.39, 0.29) is 49.2 Å². The van der Waals surface area contributed by atoms with Gasteiger partial charge >= 0.3 is 0 Å². The van der Waals surface area contributed by atoms with Gasteiger partial charge in [-0.25, -0.2) is 8.78 Å². The van der Waals surface area contributed by atoms with Gasteiger partial charge in [0.2, 0.25) is 5.91 Å². The Kier molecular flexibility index (Phi) is 9.76. The maximum atomic E-state index is 15.4. The summed E-state index contributed by atoms with van der Waals surface area (Å²) in [4.78, 5) is 16.4. The zero-order chi connectivity index (χ0) is 33.4. The molecule has 1 fully saturated rings. The molecule has 0 aromatic heterocycles. The Hall–Kier alpha value is -3.18. The quantitative estimate of drug-likeness (QED) is 0.237. The number of carbonyl (C=O) groups excluding carboxylic acids is 1. The maximum absolute atomic E-state index is 15.4. The molecular formula is C35H43ClF2N2O5Si. The van der Waals surface area contributed by atoms with Crippen molar-refractivity contribution in [1.29, 1.82) is 0 Å². The van der Waals surface area contributed by atoms with Crippen LogP contribution in [0, 0.1) is 11.6 Å². The minimum atomic E-state index is -2.39. The molecule has 3 aromatic carbocycles. The lowest BCUT2D eigenvalue weighted by Crippen LogP contribution is -2.63. The number of hydrogen-bond donors (Lipinski definition) is 1. The molecule has 0 radical (unpaired) electrons. The van der Waals surface area contributed by atoms with Crippen LogP contribution in [0.3, 0.4) is 0 Å². The van der Waals surface area contributed by atoms with E-state index in [1.165, 1.54) is 17.0 Å². The van der Waals surface area contributed by atoms with Gasteiger partial charge in [0.15, 0.2) is 8.32 Å². The van der Waals surface area contributed by atoms with Crippen molar-refractivity contribution in [2.45, 2.75) is 76.4 Å². The van der Waals surface area contributed by atoms with E-state index < -0.39 is 31.7 Å². The number of piperidine rings is 1. The van der Waals surface area contributed by atoms with Crippen molar-refractivity contribution in [3.63, 3.8) is 0 Å². The first-order valence-electron chi connectivity index (χ1n) is 15.6. The summed E-state index contributed by atoms with van der Waals surface area (Å²) in [6, 6.07) is 14.7. The molecule has 0 saturated carbocycles. The third-order valence-electron chi connectivity index (χ3n) is 9.62. The highest BCUT2D eigenvalue weighted by atomic mass is 35.5. The first-order valence-corrected chi connectivity index (χ1v) is 18.9. The Balaban J connectivity index is 1.41. The summed E-state index contributed by atoms with van der Waals surface area (Å²) in [6.07, 6.45) is 0.0691. The lowest BCUT2D eigenvalue weighted by Gasteiger charge is -2.49. The first-order chi connectivity index (χ1) is 21.6. The van der Waals surface area contributed by atoms with E-state index in [9.17, 15) is 14.3 Å². The molecule has 5 rings (SSSR count). The normalized spacial score (nSPS) is 20.5. The van der Waals surface area contributed by atoms with E-state index in [1.54, 1.807) is 37.4 Å². The fourth-order valence-electron chi connectivity index (χ4n) is 5.78. The van der Waals surface area contributed by atoms with Gasteiger partial charge in [0.05, 0.1) is 31.1 Å². The number of ether oxygens (including phenoxy) is 2. The molecule has 0 unspecified atom stereocenters. The Morgan fingerprint density at radius 2 is 1.76 bits per heavy atom. The van der Waals surface area contributed by atoms with Gasteiger partial charge in [0, 0.05) is 30.1 Å². The van der Waals surface area contributed by atoms with E-state index in [0.29, 0.717) is 40.7 Å². The monoisotopic (exact) mass is 672 g/mol. The highest BCUT2D eigenvalue weighted by Gasteiger charge is 2.49. The van der Waals surface area contributed by atoms with Crippen molar-refractivity contribution in [3.05, 3.63) is 82.4 Å². The SMILES string of the molecule is COc1ccc(CN2C(=O)CCc3c(OC[C@@]4(O)CCN(c5ccc(Cl)cc5F)C[C@@H]4O[Si](C)(C)C(C)(C)C)ccc(F)c32)cc1. The second-order valence-corrected chi connectivity index (χ2v) is 18.9. The van der Waals surface area contributed by atoms with Crippen LogP contribution in [0.5, 0.6) is 11.5 Å². The van der Waals surface area contributed by atoms with Crippen LogP contribution in [-0.2, 0) is 22.2 Å². The molecule has 1 saturated heterocycles. The number of fused-ring (bicyclic) bond motifs is 1. The number of aliphatic hydroxyl groups is 1. The van der Waals surface area contributed by atoms with Crippen LogP contribution in [0.4, 0.5) is 20.2 Å². The maximum Gasteiger partial charge on any atom is 0.227 e. The molecule has 7 nitrogen and oxygen atoms in total. The second kappa shape index (κ2) is 13.1. The molecule has 46 heavy (non-hydrogen) atoms. The molecule has 2 aliphatic rings. The smallest absolute Gasteiger partial charge is 0.227 e. The van der Waals surface area contributed by atoms with Gasteiger partial charge in [-0.05, 0) is 79.0 Å². The summed E-state index contributed by atoms with van der Waals surface area (Å²) in [5.74, 6) is -0.0298. The van der Waals surface area contributed by atoms with Crippen LogP contribution in [0.25, 0.3) is 0 Å². The summed E-state index contributed by atoms with van der Waals surface area (Å²) in [5.41, 5.74) is 0.587. The fraction of sp³-hybridized carbons (Fsp3) is 0.457. The molecule has 0 bridgehead atoms. The van der Waals surface area contributed by atoms with Crippen molar-refractivity contribution in [2.75, 3.05) is 36.6 Å². The Labute approximate surface area is 276 Å². The molecule has 3 aromatic rings. The van der Waals surface area contributed by atoms with Gasteiger partial charge in [0.1, 0.15) is 35.3 Å². The van der Waals surface area contributed by atoms with Gasteiger partial charge in [-0.2, -0.15) is 0 Å². The standard InChI is InChI=1S/C35H43ClF2N2O5Si/c1-34(2,3)46(5,6)45-31-21-39(29-14-9-24(36)19-28(29)38)18-17-35(31,42)22-44-30-15-13-27(37)33-26(30)12-16-32(41)40(33)20-23-7-10-25(43-4)11-8-23/h7-11,13-15,19,31,42H,12,16-18,20-22H2,1-6H3/t31-,35-/m0/s1. The topological polar surface area (TPSA) is 71.5 Å². The first kappa shape index (κ1) is 34.2. The van der Waals surface area contributed by atoms with E-state index in [1.807, 2.05) is 17.0 Å². The number of methoxy groups -OCH3 is 1. The number of amides is 1. The van der Waals surface area contributed by atoms with Crippen molar-refractivity contribution < 1.29 is 32.6 Å². The summed E-state index contributed by atoms with van der Waals surface area (Å²) < 4.78 is 48.7. The second-order valence-electron chi connectivity index (χ2n) is 13.8. The summed E-state index contributed by atoms with van der Waals surface area (Å²) in [6.45, 7) is 11.3. The van der Waals surface area contributed by atoms with Crippen LogP contribution in [0.1, 0.15) is 44.7 Å². The molecule has 1 amide bonds. The van der Waals surface area contributed by atoms with E-state index in [4.69, 9.17) is 25.5 Å². The summed E-state index contributed by atoms with van der Waals surface area (Å²) in [5, 5.41) is 12.3. The average Bonchev–Trinajstić information content (AvgIpc) is 2.99. The Morgan fingerprint density at radius 1 is 1.04 bits per heavy atom. The highest BCUT2D eigenvalue weighted by Crippen LogP contribution is 2.42. The molecule has 11 heteroatoms. The lowest BCUT2D eigenvalue weighted by atomic mass is 9.89. The van der Waals surface area contributed by atoms with Crippen molar-refractivity contribution in [2.24, 2.45) is 0 Å². The van der Waals surface area contributed by atoms with Crippen LogP contribution in [-0.4, -0.2) is 57.8 Å². The number of rotatable bonds is 9. The average molecular weight is 673 g/mol. The van der Waals surface area contributed by atoms with E-state index in [0.717, 1.165) is 5.56 Å². The minimum absolute atomic E-state index is 0.117. The number of halogens is 3. The molecule has 2 aliphatic heterocycles. The predicted octanol–water partition coefficient (Wildman–Crippen LogP) is 7.52. The number of hydrogen-bond acceptors (Lipinski definition) is 6. The summed E-state index contributed by atoms with van der Waals surface area (Å²) >= 11 is 6.01. The zero-order valence-corrected chi connectivity index (χ0v) is 29.1. The molecule has 2 atom stereocenters. The fourth-order valence-corrected chi connectivity index (χ4v) is 7.30. The van der Waals surface area contributed by atoms with Crippen LogP contribution in [0.15, 0.2) is 54.6 Å². The van der Waals surface area contributed by atoms with Gasteiger partial charge in [0.25, 0.3) is 0 Å². The third kappa shape index (κ3) is 7.05. The van der Waals surface area contributed by atoms with E-state index in [2.05, 4.69) is 33.9 Å². The molecule has 0 aliphatic carbocycles. The van der Waals surface area contributed by atoms with Gasteiger partial charge in [-0.15, -0.1) is 0 Å². The third-order valence-corrected chi connectivity index (χ3v) is 14.3. The lowest BCUT2D eigenvalue weighted by molar-refractivity contribution is -0.119. The zero-order valence-electron chi connectivity index (χ0n) is 27.3. The predicted molar refractivity (Wildman–Crippen MR) is 180 cm³/mol.